The Kier molecular flexibility index (Phi) is 6.44. The van der Waals surface area contributed by atoms with Crippen LogP contribution in [0.4, 0.5) is 13.2 Å². The molecule has 0 atom stereocenters. The van der Waals surface area contributed by atoms with E-state index >= 15 is 0 Å². The van der Waals surface area contributed by atoms with Gasteiger partial charge in [0, 0.05) is 12.8 Å². The Labute approximate surface area is 135 Å². The van der Waals surface area contributed by atoms with Crippen LogP contribution in [0.1, 0.15) is 64.2 Å². The maximum absolute atomic E-state index is 12.1. The second-order valence-corrected chi connectivity index (χ2v) is 6.53. The molecule has 2 aliphatic rings. The van der Waals surface area contributed by atoms with Crippen LogP contribution >= 0.6 is 0 Å². The number of nitrogens with one attached hydrogen (secondary N) is 2. The SMILES string of the molecule is O=C1NC(CCCCCCCCC(F)(F)F)=NC12CCNCC2. The molecular weight excluding hydrogens is 307 g/mol. The smallest absolute Gasteiger partial charge is 0.317 e. The minimum Gasteiger partial charge on any atom is -0.317 e. The zero-order chi connectivity index (χ0) is 16.8. The molecule has 0 unspecified atom stereocenters. The fraction of sp³-hybridized carbons (Fsp3) is 0.875. The van der Waals surface area contributed by atoms with Crippen LogP contribution in [0.3, 0.4) is 0 Å². The van der Waals surface area contributed by atoms with Crippen molar-refractivity contribution in [3.8, 4) is 0 Å². The van der Waals surface area contributed by atoms with Crippen molar-refractivity contribution in [3.05, 3.63) is 0 Å². The minimum atomic E-state index is -4.02. The number of amidine groups is 1. The van der Waals surface area contributed by atoms with Crippen molar-refractivity contribution in [2.45, 2.75) is 75.9 Å². The van der Waals surface area contributed by atoms with E-state index in [2.05, 4.69) is 15.6 Å². The van der Waals surface area contributed by atoms with Crippen LogP contribution in [0.25, 0.3) is 0 Å². The standard InChI is InChI=1S/C16H26F3N3O/c17-16(18,19)8-6-4-2-1-3-5-7-13-21-14(23)15(22-13)9-11-20-12-10-15/h20H,1-12H2,(H,21,22,23). The Balaban J connectivity index is 1.56. The van der Waals surface area contributed by atoms with Gasteiger partial charge in [-0.25, -0.2) is 0 Å². The lowest BCUT2D eigenvalue weighted by atomic mass is 9.89. The van der Waals surface area contributed by atoms with Gasteiger partial charge in [0.25, 0.3) is 5.91 Å². The van der Waals surface area contributed by atoms with Gasteiger partial charge in [0.2, 0.25) is 0 Å². The molecule has 0 bridgehead atoms. The quantitative estimate of drug-likeness (QED) is 0.670. The van der Waals surface area contributed by atoms with Crippen molar-refractivity contribution >= 4 is 11.7 Å². The van der Waals surface area contributed by atoms with Crippen molar-refractivity contribution in [2.75, 3.05) is 13.1 Å². The largest absolute Gasteiger partial charge is 0.389 e. The van der Waals surface area contributed by atoms with Gasteiger partial charge >= 0.3 is 6.18 Å². The summed E-state index contributed by atoms with van der Waals surface area (Å²) in [6.45, 7) is 1.64. The zero-order valence-electron chi connectivity index (χ0n) is 13.5. The van der Waals surface area contributed by atoms with E-state index in [9.17, 15) is 18.0 Å². The average Bonchev–Trinajstić information content (AvgIpc) is 2.77. The first-order valence-corrected chi connectivity index (χ1v) is 8.59. The maximum Gasteiger partial charge on any atom is 0.389 e. The van der Waals surface area contributed by atoms with Crippen LogP contribution in [-0.2, 0) is 4.79 Å². The summed E-state index contributed by atoms with van der Waals surface area (Å²) in [6.07, 6.45) is 2.08. The molecule has 7 heteroatoms. The first-order valence-electron chi connectivity index (χ1n) is 8.59. The van der Waals surface area contributed by atoms with Crippen molar-refractivity contribution < 1.29 is 18.0 Å². The van der Waals surface area contributed by atoms with Crippen LogP contribution in [0.15, 0.2) is 4.99 Å². The van der Waals surface area contributed by atoms with E-state index in [0.29, 0.717) is 6.42 Å². The molecule has 0 radical (unpaired) electrons. The van der Waals surface area contributed by atoms with E-state index < -0.39 is 18.1 Å². The van der Waals surface area contributed by atoms with Gasteiger partial charge in [-0.2, -0.15) is 13.2 Å². The summed E-state index contributed by atoms with van der Waals surface area (Å²) in [5.41, 5.74) is -0.543. The van der Waals surface area contributed by atoms with E-state index in [4.69, 9.17) is 0 Å². The fourth-order valence-corrected chi connectivity index (χ4v) is 3.21. The number of carbonyl (C=O) groups is 1. The van der Waals surface area contributed by atoms with E-state index in [-0.39, 0.29) is 12.3 Å². The molecule has 1 fully saturated rings. The molecule has 0 aromatic rings. The van der Waals surface area contributed by atoms with Gasteiger partial charge in [-0.05, 0) is 38.8 Å². The lowest BCUT2D eigenvalue weighted by Crippen LogP contribution is -2.47. The zero-order valence-corrected chi connectivity index (χ0v) is 13.5. The van der Waals surface area contributed by atoms with Crippen molar-refractivity contribution in [3.63, 3.8) is 0 Å². The summed E-state index contributed by atoms with van der Waals surface area (Å²) >= 11 is 0. The lowest BCUT2D eigenvalue weighted by Gasteiger charge is -2.28. The summed E-state index contributed by atoms with van der Waals surface area (Å²) in [6, 6.07) is 0. The summed E-state index contributed by atoms with van der Waals surface area (Å²) in [5, 5.41) is 6.14. The summed E-state index contributed by atoms with van der Waals surface area (Å²) in [4.78, 5) is 16.7. The topological polar surface area (TPSA) is 53.5 Å². The highest BCUT2D eigenvalue weighted by Gasteiger charge is 2.43. The predicted octanol–water partition coefficient (Wildman–Crippen LogP) is 3.32. The molecule has 0 aromatic carbocycles. The predicted molar refractivity (Wildman–Crippen MR) is 83.4 cm³/mol. The molecule has 0 aliphatic carbocycles. The molecular formula is C16H26F3N3O. The van der Waals surface area contributed by atoms with Crippen LogP contribution in [0, 0.1) is 0 Å². The van der Waals surface area contributed by atoms with Gasteiger partial charge in [-0.1, -0.05) is 25.7 Å². The molecule has 2 N–H and O–H groups in total. The first kappa shape index (κ1) is 18.2. The average molecular weight is 333 g/mol. The van der Waals surface area contributed by atoms with E-state index in [1.54, 1.807) is 0 Å². The first-order chi connectivity index (χ1) is 10.9. The van der Waals surface area contributed by atoms with Crippen molar-refractivity contribution in [1.82, 2.24) is 10.6 Å². The molecule has 23 heavy (non-hydrogen) atoms. The Bertz CT molecular complexity index is 429. The number of piperidine rings is 1. The number of amides is 1. The number of alkyl halides is 3. The fourth-order valence-electron chi connectivity index (χ4n) is 3.21. The number of hydrogen-bond donors (Lipinski definition) is 2. The van der Waals surface area contributed by atoms with E-state index in [1.165, 1.54) is 0 Å². The number of carbonyl (C=O) groups excluding carboxylic acids is 1. The Morgan fingerprint density at radius 1 is 1.00 bits per heavy atom. The van der Waals surface area contributed by atoms with Crippen molar-refractivity contribution in [1.29, 1.82) is 0 Å². The molecule has 1 amide bonds. The molecule has 0 saturated carbocycles. The second kappa shape index (κ2) is 8.13. The Morgan fingerprint density at radius 3 is 2.26 bits per heavy atom. The minimum absolute atomic E-state index is 0.0288. The van der Waals surface area contributed by atoms with Crippen LogP contribution in [0.2, 0.25) is 0 Å². The van der Waals surface area contributed by atoms with Gasteiger partial charge in [0.1, 0.15) is 11.4 Å². The van der Waals surface area contributed by atoms with Gasteiger partial charge in [-0.3, -0.25) is 9.79 Å². The Morgan fingerprint density at radius 2 is 1.61 bits per heavy atom. The number of rotatable bonds is 8. The molecule has 1 spiro atoms. The number of unbranched alkanes of at least 4 members (excludes halogenated alkanes) is 5. The third-order valence-corrected chi connectivity index (χ3v) is 4.58. The van der Waals surface area contributed by atoms with Gasteiger partial charge in [-0.15, -0.1) is 0 Å². The normalized spacial score (nSPS) is 20.7. The van der Waals surface area contributed by atoms with E-state index in [0.717, 1.165) is 63.9 Å². The monoisotopic (exact) mass is 333 g/mol. The molecule has 2 rings (SSSR count). The molecule has 0 aromatic heterocycles. The lowest BCUT2D eigenvalue weighted by molar-refractivity contribution is -0.135. The molecule has 1 saturated heterocycles. The molecule has 2 heterocycles. The third-order valence-electron chi connectivity index (χ3n) is 4.58. The summed E-state index contributed by atoms with van der Waals surface area (Å²) in [7, 11) is 0. The number of hydrogen-bond acceptors (Lipinski definition) is 3. The molecule has 4 nitrogen and oxygen atoms in total. The van der Waals surface area contributed by atoms with Gasteiger partial charge < -0.3 is 10.6 Å². The van der Waals surface area contributed by atoms with Crippen LogP contribution < -0.4 is 10.6 Å². The number of halogens is 3. The highest BCUT2D eigenvalue weighted by molar-refractivity contribution is 6.08. The highest BCUT2D eigenvalue weighted by Crippen LogP contribution is 2.28. The maximum atomic E-state index is 12.1. The third kappa shape index (κ3) is 5.79. The number of aliphatic imine (C=N–C) groups is 1. The van der Waals surface area contributed by atoms with Crippen LogP contribution in [-0.4, -0.2) is 36.5 Å². The molecule has 2 aliphatic heterocycles. The highest BCUT2D eigenvalue weighted by atomic mass is 19.4. The van der Waals surface area contributed by atoms with Gasteiger partial charge in [0.15, 0.2) is 0 Å². The van der Waals surface area contributed by atoms with E-state index in [1.807, 2.05) is 0 Å². The summed E-state index contributed by atoms with van der Waals surface area (Å²) in [5.74, 6) is 0.815. The number of nitrogens with zero attached hydrogens (tertiary/aromatic N) is 1. The molecule has 132 valence electrons. The van der Waals surface area contributed by atoms with Crippen LogP contribution in [0.5, 0.6) is 0 Å². The van der Waals surface area contributed by atoms with Crippen molar-refractivity contribution in [2.24, 2.45) is 4.99 Å². The second-order valence-electron chi connectivity index (χ2n) is 6.53. The van der Waals surface area contributed by atoms with Gasteiger partial charge in [0.05, 0.1) is 0 Å². The Hall–Kier alpha value is -1.11. The summed E-state index contributed by atoms with van der Waals surface area (Å²) < 4.78 is 36.0.